The molecule has 2 heterocycles. The first-order chi connectivity index (χ1) is 25.4. The third-order valence-electron chi connectivity index (χ3n) is 10.1. The van der Waals surface area contributed by atoms with Gasteiger partial charge >= 0.3 is 6.18 Å². The minimum absolute atomic E-state index is 0.00320. The first-order valence-corrected chi connectivity index (χ1v) is 18.0. The molecule has 0 saturated heterocycles. The number of hydrogen-bond donors (Lipinski definition) is 2. The van der Waals surface area contributed by atoms with Crippen LogP contribution in [0.2, 0.25) is 5.02 Å². The van der Waals surface area contributed by atoms with E-state index in [1.807, 2.05) is 48.5 Å². The van der Waals surface area contributed by atoms with Gasteiger partial charge < -0.3 is 25.3 Å². The van der Waals surface area contributed by atoms with Gasteiger partial charge in [0.1, 0.15) is 17.5 Å². The average molecular weight is 751 g/mol. The fraction of sp³-hybridized carbons (Fsp3) is 0.400. The third kappa shape index (κ3) is 8.44. The number of carbonyl (C=O) groups excluding carboxylic acids is 2. The van der Waals surface area contributed by atoms with Gasteiger partial charge in [-0.3, -0.25) is 9.59 Å². The minimum atomic E-state index is -4.75. The van der Waals surface area contributed by atoms with Crippen molar-refractivity contribution in [3.63, 3.8) is 0 Å². The Hall–Kier alpha value is -4.68. The molecule has 2 aromatic heterocycles. The molecule has 9 nitrogen and oxygen atoms in total. The lowest BCUT2D eigenvalue weighted by atomic mass is 9.94. The van der Waals surface area contributed by atoms with Crippen LogP contribution in [-0.2, 0) is 35.2 Å². The highest BCUT2D eigenvalue weighted by atomic mass is 35.5. The normalized spacial score (nSPS) is 17.5. The van der Waals surface area contributed by atoms with E-state index in [1.54, 1.807) is 14.0 Å². The molecule has 2 aromatic carbocycles. The van der Waals surface area contributed by atoms with E-state index in [4.69, 9.17) is 36.5 Å². The monoisotopic (exact) mass is 750 g/mol. The zero-order chi connectivity index (χ0) is 37.9. The van der Waals surface area contributed by atoms with Gasteiger partial charge in [-0.05, 0) is 73.4 Å². The Bertz CT molecular complexity index is 2010. The lowest BCUT2D eigenvalue weighted by molar-refractivity contribution is -0.139. The number of amides is 1. The number of benzene rings is 2. The van der Waals surface area contributed by atoms with Crippen LogP contribution in [0.4, 0.5) is 13.2 Å². The number of methoxy groups -OCH3 is 2. The molecular formula is C40H42ClF3N4O5. The van der Waals surface area contributed by atoms with E-state index in [2.05, 4.69) is 10.3 Å². The summed E-state index contributed by atoms with van der Waals surface area (Å²) in [7, 11) is 2.90. The Balaban J connectivity index is 1.25. The van der Waals surface area contributed by atoms with Crippen LogP contribution in [-0.4, -0.2) is 42.4 Å². The van der Waals surface area contributed by atoms with Crippen molar-refractivity contribution in [3.05, 3.63) is 87.4 Å². The number of rotatable bonds is 14. The van der Waals surface area contributed by atoms with Gasteiger partial charge in [0.25, 0.3) is 0 Å². The lowest BCUT2D eigenvalue weighted by Crippen LogP contribution is -2.21. The number of primary amides is 1. The van der Waals surface area contributed by atoms with E-state index >= 15 is 0 Å². The van der Waals surface area contributed by atoms with Gasteiger partial charge in [0.2, 0.25) is 23.5 Å². The zero-order valence-electron chi connectivity index (χ0n) is 29.8. The number of nitrogens with one attached hydrogen (secondary N) is 1. The van der Waals surface area contributed by atoms with E-state index in [0.717, 1.165) is 46.8 Å². The van der Waals surface area contributed by atoms with Gasteiger partial charge in [0.15, 0.2) is 0 Å². The Morgan fingerprint density at radius 1 is 0.962 bits per heavy atom. The molecule has 2 aliphatic rings. The van der Waals surface area contributed by atoms with Crippen LogP contribution in [0.5, 0.6) is 17.6 Å². The first kappa shape index (κ1) is 38.1. The molecule has 13 heteroatoms. The quantitative estimate of drug-likeness (QED) is 0.133. The van der Waals surface area contributed by atoms with Crippen molar-refractivity contribution in [1.29, 1.82) is 0 Å². The van der Waals surface area contributed by atoms with Gasteiger partial charge in [0, 0.05) is 47.6 Å². The number of nitrogens with two attached hydrogens (primary N) is 1. The van der Waals surface area contributed by atoms with Crippen molar-refractivity contribution < 1.29 is 37.0 Å². The smallest absolute Gasteiger partial charge is 0.421 e. The van der Waals surface area contributed by atoms with Crippen LogP contribution in [0.3, 0.4) is 0 Å². The molecular weight excluding hydrogens is 709 g/mol. The number of hydrogen-bond acceptors (Lipinski definition) is 8. The number of nitrogens with zero attached hydrogens (tertiary/aromatic N) is 2. The molecule has 0 aliphatic heterocycles. The predicted octanol–water partition coefficient (Wildman–Crippen LogP) is 8.08. The van der Waals surface area contributed by atoms with Gasteiger partial charge in [-0.2, -0.15) is 18.2 Å². The number of Topliss-reactive ketones (excluding diaryl/α,β-unsaturated/α-hetero) is 1. The zero-order valence-corrected chi connectivity index (χ0v) is 30.6. The second-order valence-electron chi connectivity index (χ2n) is 13.7. The minimum Gasteiger partial charge on any atom is -0.481 e. The van der Waals surface area contributed by atoms with Crippen molar-refractivity contribution in [2.75, 3.05) is 20.8 Å². The highest BCUT2D eigenvalue weighted by molar-refractivity contribution is 6.36. The number of pyridine rings is 2. The molecule has 1 fully saturated rings. The molecule has 0 bridgehead atoms. The molecule has 2 aliphatic carbocycles. The maximum Gasteiger partial charge on any atom is 0.421 e. The van der Waals surface area contributed by atoms with Crippen LogP contribution in [0.1, 0.15) is 72.9 Å². The van der Waals surface area contributed by atoms with E-state index in [-0.39, 0.29) is 24.3 Å². The predicted molar refractivity (Wildman–Crippen MR) is 195 cm³/mol. The summed E-state index contributed by atoms with van der Waals surface area (Å²) >= 11 is 7.10. The molecule has 3 atom stereocenters. The highest BCUT2D eigenvalue weighted by Crippen LogP contribution is 2.46. The molecule has 6 rings (SSSR count). The van der Waals surface area contributed by atoms with Crippen molar-refractivity contribution in [1.82, 2.24) is 15.3 Å². The molecule has 1 saturated carbocycles. The maximum absolute atomic E-state index is 14.4. The summed E-state index contributed by atoms with van der Waals surface area (Å²) in [5, 5.41) is 3.90. The summed E-state index contributed by atoms with van der Waals surface area (Å²) in [4.78, 5) is 32.1. The summed E-state index contributed by atoms with van der Waals surface area (Å²) in [6.45, 7) is 2.91. The number of ketones is 1. The number of ether oxygens (including phenoxy) is 3. The van der Waals surface area contributed by atoms with Crippen molar-refractivity contribution in [2.24, 2.45) is 17.6 Å². The van der Waals surface area contributed by atoms with Crippen LogP contribution in [0.25, 0.3) is 22.4 Å². The second-order valence-corrected chi connectivity index (χ2v) is 14.1. The number of halogens is 4. The van der Waals surface area contributed by atoms with Gasteiger partial charge in [-0.1, -0.05) is 61.0 Å². The molecule has 4 aromatic rings. The topological polar surface area (TPSA) is 126 Å². The molecule has 53 heavy (non-hydrogen) atoms. The highest BCUT2D eigenvalue weighted by Gasteiger charge is 2.39. The van der Waals surface area contributed by atoms with Crippen molar-refractivity contribution in [2.45, 2.75) is 70.7 Å². The second kappa shape index (κ2) is 16.1. The van der Waals surface area contributed by atoms with Crippen molar-refractivity contribution in [3.8, 4) is 40.0 Å². The molecule has 0 unspecified atom stereocenters. The van der Waals surface area contributed by atoms with Gasteiger partial charge in [-0.25, -0.2) is 4.98 Å². The van der Waals surface area contributed by atoms with E-state index < -0.39 is 35.5 Å². The summed E-state index contributed by atoms with van der Waals surface area (Å²) in [5.41, 5.74) is 10.0. The Labute approximate surface area is 311 Å². The first-order valence-electron chi connectivity index (χ1n) is 17.7. The number of fused-ring (bicyclic) bond motifs is 1. The number of aromatic nitrogens is 2. The van der Waals surface area contributed by atoms with E-state index in [0.29, 0.717) is 66.1 Å². The number of carbonyl (C=O) groups is 2. The molecule has 3 N–H and O–H groups in total. The van der Waals surface area contributed by atoms with Crippen molar-refractivity contribution >= 4 is 23.3 Å². The lowest BCUT2D eigenvalue weighted by Gasteiger charge is -2.21. The fourth-order valence-corrected chi connectivity index (χ4v) is 7.48. The Kier molecular flexibility index (Phi) is 11.6. The van der Waals surface area contributed by atoms with Crippen LogP contribution >= 0.6 is 11.6 Å². The van der Waals surface area contributed by atoms with Gasteiger partial charge in [-0.15, -0.1) is 0 Å². The fourth-order valence-electron chi connectivity index (χ4n) is 7.16. The summed E-state index contributed by atoms with van der Waals surface area (Å²) < 4.78 is 60.2. The summed E-state index contributed by atoms with van der Waals surface area (Å²) in [6.07, 6.45) is -1.94. The maximum atomic E-state index is 14.4. The van der Waals surface area contributed by atoms with Crippen LogP contribution < -0.4 is 25.3 Å². The number of aryl methyl sites for hydroxylation is 1. The Morgan fingerprint density at radius 2 is 1.68 bits per heavy atom. The molecule has 0 radical (unpaired) electrons. The molecule has 280 valence electrons. The van der Waals surface area contributed by atoms with E-state index in [9.17, 15) is 22.8 Å². The average Bonchev–Trinajstić information content (AvgIpc) is 3.75. The van der Waals surface area contributed by atoms with Gasteiger partial charge in [0.05, 0.1) is 24.9 Å². The van der Waals surface area contributed by atoms with Crippen LogP contribution in [0, 0.1) is 11.8 Å². The SMILES string of the molecule is COc1nc(-c2cccc(-c3cccc4c3CC[C@@H]4Oc3nc(OC)c(CC[C@@H](C)C(N)=O)cc3C(F)(F)F)c2Cl)ccc1CNC[C@@H]1CCC(=O)C1. The third-order valence-corrected chi connectivity index (χ3v) is 10.5. The van der Waals surface area contributed by atoms with E-state index in [1.165, 1.54) is 7.11 Å². The molecule has 1 amide bonds. The number of alkyl halides is 3. The molecule has 0 spiro atoms. The summed E-state index contributed by atoms with van der Waals surface area (Å²) in [6, 6.07) is 16.1. The standard InChI is InChI=1S/C40H42ClF3N4O5/c1-22(36(45)50)10-12-24-19-32(40(42,43)44)39(48-37(24)51-2)53-34-17-15-28-27(6-4-7-29(28)34)30-8-5-9-31(35(30)41)33-16-13-25(38(47-33)52-3)21-46-20-23-11-14-26(49)18-23/h4-9,13,16,19,22-23,34,46H,10-12,14-15,17-18,20-21H2,1-3H3,(H2,45,50)/t22-,23-,34+/m1/s1. The largest absolute Gasteiger partial charge is 0.481 e. The Morgan fingerprint density at radius 3 is 2.38 bits per heavy atom. The summed E-state index contributed by atoms with van der Waals surface area (Å²) in [5.74, 6) is -0.506. The van der Waals surface area contributed by atoms with Crippen LogP contribution in [0.15, 0.2) is 54.6 Å².